The van der Waals surface area contributed by atoms with E-state index < -0.39 is 15.9 Å². The van der Waals surface area contributed by atoms with Gasteiger partial charge in [0, 0.05) is 29.3 Å². The van der Waals surface area contributed by atoms with Gasteiger partial charge < -0.3 is 5.32 Å². The molecule has 1 aliphatic heterocycles. The Labute approximate surface area is 161 Å². The first-order chi connectivity index (χ1) is 12.3. The van der Waals surface area contributed by atoms with E-state index in [9.17, 15) is 13.2 Å². The van der Waals surface area contributed by atoms with Gasteiger partial charge in [0.25, 0.3) is 5.91 Å². The maximum Gasteiger partial charge on any atom is 0.258 e. The lowest BCUT2D eigenvalue weighted by molar-refractivity contribution is 0.102. The SMILES string of the molecule is CC(C)c1cc(NC(=O)c2cc(S(=O)(=O)N3CCCC3)ccc2Br)n[nH]1. The summed E-state index contributed by atoms with van der Waals surface area (Å²) in [7, 11) is -3.58. The van der Waals surface area contributed by atoms with Gasteiger partial charge in [-0.15, -0.1) is 0 Å². The van der Waals surface area contributed by atoms with E-state index in [0.29, 0.717) is 23.4 Å². The summed E-state index contributed by atoms with van der Waals surface area (Å²) in [5.74, 6) is 0.240. The summed E-state index contributed by atoms with van der Waals surface area (Å²) in [6.45, 7) is 5.07. The third-order valence-electron chi connectivity index (χ3n) is 4.35. The van der Waals surface area contributed by atoms with Crippen molar-refractivity contribution in [3.63, 3.8) is 0 Å². The van der Waals surface area contributed by atoms with Crippen LogP contribution in [0.15, 0.2) is 33.6 Å². The zero-order valence-electron chi connectivity index (χ0n) is 14.6. The van der Waals surface area contributed by atoms with Gasteiger partial charge in [0.1, 0.15) is 0 Å². The van der Waals surface area contributed by atoms with Gasteiger partial charge in [-0.3, -0.25) is 9.89 Å². The van der Waals surface area contributed by atoms with E-state index in [0.717, 1.165) is 18.5 Å². The number of nitrogens with zero attached hydrogens (tertiary/aromatic N) is 2. The number of benzene rings is 1. The molecule has 2 aromatic rings. The molecule has 1 aromatic carbocycles. The van der Waals surface area contributed by atoms with Crippen LogP contribution in [-0.4, -0.2) is 41.9 Å². The largest absolute Gasteiger partial charge is 0.305 e. The van der Waals surface area contributed by atoms with E-state index in [1.807, 2.05) is 13.8 Å². The number of hydrogen-bond acceptors (Lipinski definition) is 4. The molecule has 3 rings (SSSR count). The Kier molecular flexibility index (Phi) is 5.50. The minimum atomic E-state index is -3.58. The minimum Gasteiger partial charge on any atom is -0.305 e. The number of aromatic amines is 1. The normalized spacial score (nSPS) is 15.5. The topological polar surface area (TPSA) is 95.2 Å². The smallest absolute Gasteiger partial charge is 0.258 e. The maximum absolute atomic E-state index is 12.7. The Morgan fingerprint density at radius 2 is 1.96 bits per heavy atom. The third-order valence-corrected chi connectivity index (χ3v) is 6.93. The molecular formula is C17H21BrN4O3S. The highest BCUT2D eigenvalue weighted by Crippen LogP contribution is 2.26. The van der Waals surface area contributed by atoms with Crippen LogP contribution < -0.4 is 5.32 Å². The van der Waals surface area contributed by atoms with Crippen LogP contribution in [0.4, 0.5) is 5.82 Å². The second-order valence-corrected chi connectivity index (χ2v) is 9.36. The maximum atomic E-state index is 12.7. The fraction of sp³-hybridized carbons (Fsp3) is 0.412. The zero-order chi connectivity index (χ0) is 18.9. The van der Waals surface area contributed by atoms with Crippen LogP contribution in [0.25, 0.3) is 0 Å². The fourth-order valence-corrected chi connectivity index (χ4v) is 4.77. The number of H-pyrrole nitrogens is 1. The molecular weight excluding hydrogens is 420 g/mol. The summed E-state index contributed by atoms with van der Waals surface area (Å²) in [6, 6.07) is 6.27. The van der Waals surface area contributed by atoms with Crippen LogP contribution in [0.5, 0.6) is 0 Å². The van der Waals surface area contributed by atoms with Gasteiger partial charge in [-0.2, -0.15) is 9.40 Å². The van der Waals surface area contributed by atoms with E-state index in [1.165, 1.54) is 16.4 Å². The molecule has 2 heterocycles. The summed E-state index contributed by atoms with van der Waals surface area (Å²) in [5, 5.41) is 9.64. The molecule has 1 aliphatic rings. The summed E-state index contributed by atoms with van der Waals surface area (Å²) >= 11 is 3.33. The molecule has 0 spiro atoms. The lowest BCUT2D eigenvalue weighted by atomic mass is 10.1. The van der Waals surface area contributed by atoms with Crippen molar-refractivity contribution in [2.45, 2.75) is 37.5 Å². The monoisotopic (exact) mass is 440 g/mol. The van der Waals surface area contributed by atoms with E-state index >= 15 is 0 Å². The standard InChI is InChI=1S/C17H21BrN4O3S/c1-11(2)15-10-16(21-20-15)19-17(23)13-9-12(5-6-14(13)18)26(24,25)22-7-3-4-8-22/h5-6,9-11H,3-4,7-8H2,1-2H3,(H2,19,20,21,23). The van der Waals surface area contributed by atoms with Crippen molar-refractivity contribution in [2.75, 3.05) is 18.4 Å². The first-order valence-electron chi connectivity index (χ1n) is 8.45. The number of halogens is 1. The molecule has 0 aliphatic carbocycles. The zero-order valence-corrected chi connectivity index (χ0v) is 17.0. The molecule has 0 unspecified atom stereocenters. The Hall–Kier alpha value is -1.71. The predicted molar refractivity (Wildman–Crippen MR) is 103 cm³/mol. The predicted octanol–water partition coefficient (Wildman–Crippen LogP) is 3.33. The number of carbonyl (C=O) groups excluding carboxylic acids is 1. The second-order valence-electron chi connectivity index (χ2n) is 6.57. The van der Waals surface area contributed by atoms with Crippen molar-refractivity contribution in [2.24, 2.45) is 0 Å². The second kappa shape index (κ2) is 7.50. The van der Waals surface area contributed by atoms with Crippen LogP contribution in [0.2, 0.25) is 0 Å². The molecule has 0 atom stereocenters. The molecule has 0 bridgehead atoms. The Balaban J connectivity index is 1.86. The summed E-state index contributed by atoms with van der Waals surface area (Å²) < 4.78 is 27.4. The van der Waals surface area contributed by atoms with Gasteiger partial charge in [-0.05, 0) is 52.9 Å². The van der Waals surface area contributed by atoms with Crippen molar-refractivity contribution >= 4 is 37.7 Å². The molecule has 9 heteroatoms. The van der Waals surface area contributed by atoms with Gasteiger partial charge >= 0.3 is 0 Å². The molecule has 0 radical (unpaired) electrons. The van der Waals surface area contributed by atoms with Gasteiger partial charge in [-0.1, -0.05) is 13.8 Å². The van der Waals surface area contributed by atoms with Crippen molar-refractivity contribution in [3.05, 3.63) is 40.0 Å². The number of amides is 1. The Morgan fingerprint density at radius 1 is 1.27 bits per heavy atom. The minimum absolute atomic E-state index is 0.123. The lowest BCUT2D eigenvalue weighted by Crippen LogP contribution is -2.28. The molecule has 0 saturated carbocycles. The number of carbonyl (C=O) groups is 1. The number of anilines is 1. The molecule has 1 saturated heterocycles. The average Bonchev–Trinajstić information content (AvgIpc) is 3.27. The number of hydrogen-bond donors (Lipinski definition) is 2. The van der Waals surface area contributed by atoms with E-state index in [4.69, 9.17) is 0 Å². The third kappa shape index (κ3) is 3.84. The van der Waals surface area contributed by atoms with Gasteiger partial charge in [0.15, 0.2) is 5.82 Å². The molecule has 26 heavy (non-hydrogen) atoms. The first-order valence-corrected chi connectivity index (χ1v) is 10.7. The summed E-state index contributed by atoms with van der Waals surface area (Å²) in [6.07, 6.45) is 1.72. The molecule has 2 N–H and O–H groups in total. The van der Waals surface area contributed by atoms with E-state index in [2.05, 4.69) is 31.4 Å². The van der Waals surface area contributed by atoms with Crippen molar-refractivity contribution in [1.82, 2.24) is 14.5 Å². The summed E-state index contributed by atoms with van der Waals surface area (Å²) in [5.41, 5.74) is 1.16. The van der Waals surface area contributed by atoms with Crippen LogP contribution in [0, 0.1) is 0 Å². The van der Waals surface area contributed by atoms with Crippen molar-refractivity contribution in [3.8, 4) is 0 Å². The quantitative estimate of drug-likeness (QED) is 0.744. The highest BCUT2D eigenvalue weighted by Gasteiger charge is 2.28. The molecule has 7 nitrogen and oxygen atoms in total. The van der Waals surface area contributed by atoms with E-state index in [1.54, 1.807) is 12.1 Å². The average molecular weight is 441 g/mol. The number of sulfonamides is 1. The number of nitrogens with one attached hydrogen (secondary N) is 2. The highest BCUT2D eigenvalue weighted by molar-refractivity contribution is 9.10. The molecule has 140 valence electrons. The lowest BCUT2D eigenvalue weighted by Gasteiger charge is -2.16. The van der Waals surface area contributed by atoms with Gasteiger partial charge in [0.2, 0.25) is 10.0 Å². The first kappa shape index (κ1) is 19.1. The number of rotatable bonds is 5. The van der Waals surface area contributed by atoms with Gasteiger partial charge in [-0.25, -0.2) is 8.42 Å². The van der Waals surface area contributed by atoms with Crippen LogP contribution >= 0.6 is 15.9 Å². The molecule has 1 aromatic heterocycles. The molecule has 1 fully saturated rings. The number of aromatic nitrogens is 2. The Bertz CT molecular complexity index is 918. The van der Waals surface area contributed by atoms with Crippen molar-refractivity contribution < 1.29 is 13.2 Å². The van der Waals surface area contributed by atoms with Crippen LogP contribution in [-0.2, 0) is 10.0 Å². The highest BCUT2D eigenvalue weighted by atomic mass is 79.9. The van der Waals surface area contributed by atoms with Crippen molar-refractivity contribution in [1.29, 1.82) is 0 Å². The molecule has 1 amide bonds. The fourth-order valence-electron chi connectivity index (χ4n) is 2.80. The summed E-state index contributed by atoms with van der Waals surface area (Å²) in [4.78, 5) is 12.7. The van der Waals surface area contributed by atoms with Crippen LogP contribution in [0.1, 0.15) is 48.7 Å². The van der Waals surface area contributed by atoms with Gasteiger partial charge in [0.05, 0.1) is 10.5 Å². The van der Waals surface area contributed by atoms with Crippen LogP contribution in [0.3, 0.4) is 0 Å². The van der Waals surface area contributed by atoms with E-state index in [-0.39, 0.29) is 16.4 Å². The Morgan fingerprint density at radius 3 is 2.58 bits per heavy atom.